The van der Waals surface area contributed by atoms with Crippen molar-refractivity contribution in [2.75, 3.05) is 5.32 Å². The van der Waals surface area contributed by atoms with E-state index >= 15 is 0 Å². The molecule has 1 rings (SSSR count). The molecule has 0 heterocycles. The summed E-state index contributed by atoms with van der Waals surface area (Å²) in [5, 5.41) is 3.61. The zero-order chi connectivity index (χ0) is 12.1. The topological polar surface area (TPSA) is 12.0 Å². The summed E-state index contributed by atoms with van der Waals surface area (Å²) in [6, 6.07) is 7.15. The van der Waals surface area contributed by atoms with Crippen molar-refractivity contribution in [2.45, 2.75) is 53.5 Å². The Bertz CT molecular complexity index is 328. The number of hydrogen-bond donors (Lipinski definition) is 1. The number of hydrogen-bond acceptors (Lipinski definition) is 1. The SMILES string of the molecule is Cc1ccc(C)c(NC(C)CCC(C)C)c1. The lowest BCUT2D eigenvalue weighted by atomic mass is 10.0. The number of rotatable bonds is 5. The molecule has 0 aliphatic carbocycles. The van der Waals surface area contributed by atoms with Crippen LogP contribution in [-0.2, 0) is 0 Å². The highest BCUT2D eigenvalue weighted by Gasteiger charge is 2.05. The summed E-state index contributed by atoms with van der Waals surface area (Å²) in [5.74, 6) is 0.794. The molecule has 1 N–H and O–H groups in total. The van der Waals surface area contributed by atoms with Crippen LogP contribution in [0.4, 0.5) is 5.69 Å². The largest absolute Gasteiger partial charge is 0.382 e. The first-order chi connectivity index (χ1) is 7.49. The van der Waals surface area contributed by atoms with Crippen molar-refractivity contribution in [1.82, 2.24) is 0 Å². The summed E-state index contributed by atoms with van der Waals surface area (Å²) >= 11 is 0. The Hall–Kier alpha value is -0.980. The van der Waals surface area contributed by atoms with Crippen molar-refractivity contribution in [2.24, 2.45) is 5.92 Å². The Balaban J connectivity index is 2.55. The van der Waals surface area contributed by atoms with Crippen LogP contribution in [0, 0.1) is 19.8 Å². The van der Waals surface area contributed by atoms with Crippen molar-refractivity contribution in [3.05, 3.63) is 29.3 Å². The fourth-order valence-corrected chi connectivity index (χ4v) is 1.81. The van der Waals surface area contributed by atoms with E-state index in [2.05, 4.69) is 58.1 Å². The first-order valence-electron chi connectivity index (χ1n) is 6.33. The second-order valence-electron chi connectivity index (χ2n) is 5.33. The Morgan fingerprint density at radius 1 is 1.06 bits per heavy atom. The summed E-state index contributed by atoms with van der Waals surface area (Å²) in [6.45, 7) is 11.1. The third-order valence-corrected chi connectivity index (χ3v) is 2.97. The Labute approximate surface area is 100 Å². The van der Waals surface area contributed by atoms with Gasteiger partial charge in [0.1, 0.15) is 0 Å². The molecule has 90 valence electrons. The molecule has 16 heavy (non-hydrogen) atoms. The number of nitrogens with one attached hydrogen (secondary N) is 1. The minimum absolute atomic E-state index is 0.558. The van der Waals surface area contributed by atoms with Gasteiger partial charge in [-0.3, -0.25) is 0 Å². The molecule has 1 atom stereocenters. The highest BCUT2D eigenvalue weighted by molar-refractivity contribution is 5.52. The Kier molecular flexibility index (Phi) is 4.85. The van der Waals surface area contributed by atoms with E-state index in [1.807, 2.05) is 0 Å². The molecule has 0 amide bonds. The van der Waals surface area contributed by atoms with E-state index in [4.69, 9.17) is 0 Å². The molecule has 1 heteroatoms. The van der Waals surface area contributed by atoms with Gasteiger partial charge < -0.3 is 5.32 Å². The predicted octanol–water partition coefficient (Wildman–Crippen LogP) is 4.54. The zero-order valence-corrected chi connectivity index (χ0v) is 11.3. The minimum Gasteiger partial charge on any atom is -0.382 e. The van der Waals surface area contributed by atoms with Crippen molar-refractivity contribution in [3.8, 4) is 0 Å². The average molecular weight is 219 g/mol. The highest BCUT2D eigenvalue weighted by Crippen LogP contribution is 2.19. The second-order valence-corrected chi connectivity index (χ2v) is 5.33. The summed E-state index contributed by atoms with van der Waals surface area (Å²) in [5.41, 5.74) is 3.95. The van der Waals surface area contributed by atoms with Crippen LogP contribution in [0.1, 0.15) is 44.7 Å². The van der Waals surface area contributed by atoms with Crippen LogP contribution in [0.25, 0.3) is 0 Å². The summed E-state index contributed by atoms with van der Waals surface area (Å²) in [7, 11) is 0. The molecule has 1 nitrogen and oxygen atoms in total. The fourth-order valence-electron chi connectivity index (χ4n) is 1.81. The van der Waals surface area contributed by atoms with E-state index in [0.29, 0.717) is 6.04 Å². The first-order valence-corrected chi connectivity index (χ1v) is 6.33. The molecule has 0 aliphatic rings. The maximum atomic E-state index is 3.61. The second kappa shape index (κ2) is 5.93. The Morgan fingerprint density at radius 3 is 2.38 bits per heavy atom. The van der Waals surface area contributed by atoms with Crippen LogP contribution in [0.15, 0.2) is 18.2 Å². The number of benzene rings is 1. The zero-order valence-electron chi connectivity index (χ0n) is 11.3. The van der Waals surface area contributed by atoms with E-state index in [1.54, 1.807) is 0 Å². The van der Waals surface area contributed by atoms with E-state index in [-0.39, 0.29) is 0 Å². The molecule has 0 fully saturated rings. The molecule has 0 aliphatic heterocycles. The molecule has 0 spiro atoms. The van der Waals surface area contributed by atoms with Crippen LogP contribution < -0.4 is 5.32 Å². The number of aryl methyl sites for hydroxylation is 2. The van der Waals surface area contributed by atoms with Gasteiger partial charge in [-0.15, -0.1) is 0 Å². The summed E-state index contributed by atoms with van der Waals surface area (Å²) < 4.78 is 0. The van der Waals surface area contributed by atoms with E-state index in [0.717, 1.165) is 5.92 Å². The van der Waals surface area contributed by atoms with Gasteiger partial charge >= 0.3 is 0 Å². The average Bonchev–Trinajstić information content (AvgIpc) is 2.20. The van der Waals surface area contributed by atoms with Gasteiger partial charge in [0.05, 0.1) is 0 Å². The third kappa shape index (κ3) is 4.26. The summed E-state index contributed by atoms with van der Waals surface area (Å²) in [6.07, 6.45) is 2.53. The third-order valence-electron chi connectivity index (χ3n) is 2.97. The van der Waals surface area contributed by atoms with Gasteiger partial charge in [-0.2, -0.15) is 0 Å². The molecule has 0 radical (unpaired) electrons. The Morgan fingerprint density at radius 2 is 1.75 bits per heavy atom. The molecule has 0 bridgehead atoms. The summed E-state index contributed by atoms with van der Waals surface area (Å²) in [4.78, 5) is 0. The lowest BCUT2D eigenvalue weighted by molar-refractivity contribution is 0.527. The van der Waals surface area contributed by atoms with E-state index in [1.165, 1.54) is 29.7 Å². The van der Waals surface area contributed by atoms with Crippen molar-refractivity contribution in [1.29, 1.82) is 0 Å². The van der Waals surface area contributed by atoms with Gasteiger partial charge in [0.25, 0.3) is 0 Å². The van der Waals surface area contributed by atoms with Gasteiger partial charge in [0, 0.05) is 11.7 Å². The van der Waals surface area contributed by atoms with Gasteiger partial charge in [0.2, 0.25) is 0 Å². The van der Waals surface area contributed by atoms with Crippen molar-refractivity contribution < 1.29 is 0 Å². The lowest BCUT2D eigenvalue weighted by Crippen LogP contribution is -2.16. The predicted molar refractivity (Wildman–Crippen MR) is 73.1 cm³/mol. The smallest absolute Gasteiger partial charge is 0.0374 e. The highest BCUT2D eigenvalue weighted by atomic mass is 14.9. The first kappa shape index (κ1) is 13.1. The molecule has 0 saturated heterocycles. The fraction of sp³-hybridized carbons (Fsp3) is 0.600. The standard InChI is InChI=1S/C15H25N/c1-11(2)6-9-14(5)16-15-10-12(3)7-8-13(15)4/h7-8,10-11,14,16H,6,9H2,1-5H3. The monoisotopic (exact) mass is 219 g/mol. The molecule has 1 aromatic rings. The minimum atomic E-state index is 0.558. The van der Waals surface area contributed by atoms with Gasteiger partial charge in [-0.05, 0) is 56.7 Å². The van der Waals surface area contributed by atoms with Crippen LogP contribution in [-0.4, -0.2) is 6.04 Å². The van der Waals surface area contributed by atoms with Crippen LogP contribution in [0.3, 0.4) is 0 Å². The maximum Gasteiger partial charge on any atom is 0.0374 e. The maximum absolute atomic E-state index is 3.61. The van der Waals surface area contributed by atoms with Crippen molar-refractivity contribution in [3.63, 3.8) is 0 Å². The molecular formula is C15H25N. The van der Waals surface area contributed by atoms with Crippen molar-refractivity contribution >= 4 is 5.69 Å². The van der Waals surface area contributed by atoms with E-state index in [9.17, 15) is 0 Å². The van der Waals surface area contributed by atoms with Crippen LogP contribution in [0.5, 0.6) is 0 Å². The van der Waals surface area contributed by atoms with Gasteiger partial charge in [-0.25, -0.2) is 0 Å². The normalized spacial score (nSPS) is 12.9. The molecule has 0 saturated carbocycles. The molecular weight excluding hydrogens is 194 g/mol. The lowest BCUT2D eigenvalue weighted by Gasteiger charge is -2.18. The quantitative estimate of drug-likeness (QED) is 0.766. The van der Waals surface area contributed by atoms with Crippen LogP contribution >= 0.6 is 0 Å². The van der Waals surface area contributed by atoms with Gasteiger partial charge in [-0.1, -0.05) is 26.0 Å². The molecule has 0 aromatic heterocycles. The number of anilines is 1. The molecule has 1 aromatic carbocycles. The van der Waals surface area contributed by atoms with Crippen LogP contribution in [0.2, 0.25) is 0 Å². The van der Waals surface area contributed by atoms with E-state index < -0.39 is 0 Å². The molecule has 1 unspecified atom stereocenters. The van der Waals surface area contributed by atoms with Gasteiger partial charge in [0.15, 0.2) is 0 Å².